The van der Waals surface area contributed by atoms with E-state index < -0.39 is 18.1 Å². The molecule has 1 amide bonds. The highest BCUT2D eigenvalue weighted by Crippen LogP contribution is 2.44. The van der Waals surface area contributed by atoms with Gasteiger partial charge in [0.25, 0.3) is 0 Å². The third-order valence-corrected chi connectivity index (χ3v) is 6.87. The third kappa shape index (κ3) is 5.37. The molecule has 0 fully saturated rings. The smallest absolute Gasteiger partial charge is 0.408 e. The molecule has 4 aromatic carbocycles. The number of alkyl carbamates (subject to hydrolysis) is 1. The molecule has 0 aromatic heterocycles. The predicted molar refractivity (Wildman–Crippen MR) is 143 cm³/mol. The van der Waals surface area contributed by atoms with Gasteiger partial charge in [-0.05, 0) is 46.0 Å². The molecule has 4 aromatic rings. The first-order valence-electron chi connectivity index (χ1n) is 11.8. The van der Waals surface area contributed by atoms with Crippen LogP contribution in [0.5, 0.6) is 5.75 Å². The molecule has 0 heterocycles. The highest BCUT2D eigenvalue weighted by atomic mass is 79.9. The quantitative estimate of drug-likeness (QED) is 0.252. The lowest BCUT2D eigenvalue weighted by molar-refractivity contribution is -0.139. The van der Waals surface area contributed by atoms with Crippen molar-refractivity contribution >= 4 is 28.0 Å². The van der Waals surface area contributed by atoms with Crippen molar-refractivity contribution in [2.24, 2.45) is 0 Å². The second kappa shape index (κ2) is 10.9. The molecule has 1 aliphatic rings. The van der Waals surface area contributed by atoms with Crippen LogP contribution < -0.4 is 10.1 Å². The average Bonchev–Trinajstić information content (AvgIpc) is 3.24. The molecule has 0 spiro atoms. The first-order chi connectivity index (χ1) is 18.0. The van der Waals surface area contributed by atoms with E-state index in [9.17, 15) is 14.7 Å². The van der Waals surface area contributed by atoms with E-state index in [1.165, 1.54) is 0 Å². The van der Waals surface area contributed by atoms with E-state index in [0.29, 0.717) is 15.8 Å². The number of fused-ring (bicyclic) bond motifs is 3. The van der Waals surface area contributed by atoms with Gasteiger partial charge in [-0.1, -0.05) is 94.8 Å². The maximum absolute atomic E-state index is 12.8. The standard InChI is InChI=1S/C30H24BrNO5/c31-20-14-15-27(36-17-19-8-2-1-3-9-19)25(16-20)28(29(33)34)32-30(35)37-18-26-23-12-6-4-10-21(23)22-11-5-7-13-24(22)26/h1-16,26,28H,17-18H2,(H,32,35)(H,33,34). The summed E-state index contributed by atoms with van der Waals surface area (Å²) in [6.45, 7) is 0.342. The fourth-order valence-corrected chi connectivity index (χ4v) is 5.02. The number of hydrogen-bond acceptors (Lipinski definition) is 4. The lowest BCUT2D eigenvalue weighted by Crippen LogP contribution is -2.35. The molecule has 1 aliphatic carbocycles. The number of ether oxygens (including phenoxy) is 2. The molecule has 0 radical (unpaired) electrons. The van der Waals surface area contributed by atoms with Gasteiger partial charge in [-0.25, -0.2) is 9.59 Å². The first-order valence-corrected chi connectivity index (χ1v) is 12.6. The van der Waals surface area contributed by atoms with Gasteiger partial charge in [-0.15, -0.1) is 0 Å². The van der Waals surface area contributed by atoms with E-state index in [0.717, 1.165) is 27.8 Å². The zero-order valence-electron chi connectivity index (χ0n) is 19.8. The molecule has 7 heteroatoms. The molecule has 0 saturated heterocycles. The summed E-state index contributed by atoms with van der Waals surface area (Å²) >= 11 is 3.39. The fourth-order valence-electron chi connectivity index (χ4n) is 4.64. The Morgan fingerprint density at radius 3 is 2.14 bits per heavy atom. The molecule has 1 atom stereocenters. The Balaban J connectivity index is 1.31. The summed E-state index contributed by atoms with van der Waals surface area (Å²) < 4.78 is 12.2. The minimum Gasteiger partial charge on any atom is -0.489 e. The molecule has 0 bridgehead atoms. The van der Waals surface area contributed by atoms with Crippen molar-refractivity contribution in [3.05, 3.63) is 124 Å². The Morgan fingerprint density at radius 1 is 0.865 bits per heavy atom. The summed E-state index contributed by atoms with van der Waals surface area (Å²) in [6.07, 6.45) is -0.816. The number of benzene rings is 4. The van der Waals surface area contributed by atoms with Crippen LogP contribution in [0.2, 0.25) is 0 Å². The second-order valence-corrected chi connectivity index (χ2v) is 9.61. The van der Waals surface area contributed by atoms with Gasteiger partial charge in [0.15, 0.2) is 6.04 Å². The van der Waals surface area contributed by atoms with Gasteiger partial charge in [0.2, 0.25) is 0 Å². The van der Waals surface area contributed by atoms with Crippen LogP contribution in [-0.4, -0.2) is 23.8 Å². The van der Waals surface area contributed by atoms with Gasteiger partial charge in [-0.2, -0.15) is 0 Å². The number of carboxylic acid groups (broad SMARTS) is 1. The van der Waals surface area contributed by atoms with Gasteiger partial charge in [0.05, 0.1) is 0 Å². The van der Waals surface area contributed by atoms with Crippen LogP contribution in [0.4, 0.5) is 4.79 Å². The Morgan fingerprint density at radius 2 is 1.49 bits per heavy atom. The van der Waals surface area contributed by atoms with Crippen LogP contribution in [0.25, 0.3) is 11.1 Å². The fraction of sp³-hybridized carbons (Fsp3) is 0.133. The van der Waals surface area contributed by atoms with Crippen molar-refractivity contribution in [2.45, 2.75) is 18.6 Å². The SMILES string of the molecule is O=C(NC(C(=O)O)c1cc(Br)ccc1OCc1ccccc1)OCC1c2ccccc2-c2ccccc21. The number of nitrogens with one attached hydrogen (secondary N) is 1. The van der Waals surface area contributed by atoms with Crippen LogP contribution in [-0.2, 0) is 16.1 Å². The van der Waals surface area contributed by atoms with Crippen molar-refractivity contribution in [1.82, 2.24) is 5.32 Å². The first kappa shape index (κ1) is 24.6. The molecule has 0 saturated carbocycles. The summed E-state index contributed by atoms with van der Waals surface area (Å²) in [7, 11) is 0. The van der Waals surface area contributed by atoms with Crippen LogP contribution in [0, 0.1) is 0 Å². The highest BCUT2D eigenvalue weighted by Gasteiger charge is 2.31. The van der Waals surface area contributed by atoms with Crippen LogP contribution in [0.1, 0.15) is 34.2 Å². The van der Waals surface area contributed by atoms with Crippen molar-refractivity contribution in [3.8, 4) is 16.9 Å². The molecule has 0 aliphatic heterocycles. The maximum Gasteiger partial charge on any atom is 0.408 e. The Bertz CT molecular complexity index is 1390. The van der Waals surface area contributed by atoms with E-state index in [1.54, 1.807) is 18.2 Å². The Labute approximate surface area is 223 Å². The van der Waals surface area contributed by atoms with Crippen LogP contribution in [0.3, 0.4) is 0 Å². The Kier molecular flexibility index (Phi) is 7.23. The molecule has 186 valence electrons. The number of carbonyl (C=O) groups is 2. The van der Waals surface area contributed by atoms with Crippen molar-refractivity contribution in [3.63, 3.8) is 0 Å². The van der Waals surface area contributed by atoms with E-state index in [4.69, 9.17) is 9.47 Å². The van der Waals surface area contributed by atoms with Gasteiger partial charge < -0.3 is 19.9 Å². The highest BCUT2D eigenvalue weighted by molar-refractivity contribution is 9.10. The number of hydrogen-bond donors (Lipinski definition) is 2. The van der Waals surface area contributed by atoms with E-state index >= 15 is 0 Å². The molecule has 2 N–H and O–H groups in total. The number of aliphatic carboxylic acids is 1. The largest absolute Gasteiger partial charge is 0.489 e. The lowest BCUT2D eigenvalue weighted by Gasteiger charge is -2.20. The number of carboxylic acids is 1. The zero-order chi connectivity index (χ0) is 25.8. The van der Waals surface area contributed by atoms with Gasteiger partial charge in [0, 0.05) is 16.0 Å². The summed E-state index contributed by atoms with van der Waals surface area (Å²) in [4.78, 5) is 25.1. The maximum atomic E-state index is 12.8. The number of halogens is 1. The van der Waals surface area contributed by atoms with Gasteiger partial charge in [-0.3, -0.25) is 0 Å². The number of carbonyl (C=O) groups excluding carboxylic acids is 1. The summed E-state index contributed by atoms with van der Waals surface area (Å²) in [5.74, 6) is -0.994. The van der Waals surface area contributed by atoms with Crippen molar-refractivity contribution < 1.29 is 24.2 Å². The third-order valence-electron chi connectivity index (χ3n) is 6.37. The van der Waals surface area contributed by atoms with E-state index in [2.05, 4.69) is 33.4 Å². The summed E-state index contributed by atoms with van der Waals surface area (Å²) in [6, 6.07) is 29.3. The van der Waals surface area contributed by atoms with Crippen LogP contribution >= 0.6 is 15.9 Å². The van der Waals surface area contributed by atoms with Crippen molar-refractivity contribution in [2.75, 3.05) is 6.61 Å². The molecular formula is C30H24BrNO5. The van der Waals surface area contributed by atoms with Gasteiger partial charge in [0.1, 0.15) is 19.0 Å². The molecule has 1 unspecified atom stereocenters. The minimum atomic E-state index is -1.36. The van der Waals surface area contributed by atoms with Crippen LogP contribution in [0.15, 0.2) is 102 Å². The minimum absolute atomic E-state index is 0.0854. The topological polar surface area (TPSA) is 84.9 Å². The second-order valence-electron chi connectivity index (χ2n) is 8.70. The van der Waals surface area contributed by atoms with Gasteiger partial charge >= 0.3 is 12.1 Å². The number of rotatable bonds is 8. The average molecular weight is 558 g/mol. The molecule has 6 nitrogen and oxygen atoms in total. The molecule has 5 rings (SSSR count). The summed E-state index contributed by atoms with van der Waals surface area (Å²) in [5.41, 5.74) is 5.64. The number of amides is 1. The van der Waals surface area contributed by atoms with Crippen molar-refractivity contribution in [1.29, 1.82) is 0 Å². The molecular weight excluding hydrogens is 534 g/mol. The normalized spacial score (nSPS) is 12.8. The lowest BCUT2D eigenvalue weighted by atomic mass is 9.98. The Hall–Kier alpha value is -4.10. The summed E-state index contributed by atoms with van der Waals surface area (Å²) in [5, 5.41) is 12.5. The zero-order valence-corrected chi connectivity index (χ0v) is 21.4. The van der Waals surface area contributed by atoms with E-state index in [1.807, 2.05) is 66.7 Å². The predicted octanol–water partition coefficient (Wildman–Crippen LogP) is 6.69. The monoisotopic (exact) mass is 557 g/mol. The molecule has 37 heavy (non-hydrogen) atoms. The van der Waals surface area contributed by atoms with E-state index in [-0.39, 0.29) is 19.1 Å².